The summed E-state index contributed by atoms with van der Waals surface area (Å²) in [4.78, 5) is 31.6. The van der Waals surface area contributed by atoms with Crippen molar-refractivity contribution in [2.45, 2.75) is 6.61 Å². The molecule has 1 aliphatic rings. The van der Waals surface area contributed by atoms with Gasteiger partial charge in [-0.1, -0.05) is 42.5 Å². The van der Waals surface area contributed by atoms with Crippen LogP contribution < -0.4 is 0 Å². The quantitative estimate of drug-likeness (QED) is 0.414. The standard InChI is InChI=1S/C18H11N3O4/c22-18-15-14(10-25-18)19-17(11-5-2-1-3-6-11)20-16(15)12-7-4-8-13(9-12)21(23)24/h1-9H,10H2. The second-order valence-electron chi connectivity index (χ2n) is 5.47. The molecule has 3 aromatic rings. The van der Waals surface area contributed by atoms with Crippen molar-refractivity contribution < 1.29 is 14.5 Å². The highest BCUT2D eigenvalue weighted by Gasteiger charge is 2.29. The highest BCUT2D eigenvalue weighted by atomic mass is 16.6. The monoisotopic (exact) mass is 333 g/mol. The molecule has 7 nitrogen and oxygen atoms in total. The zero-order valence-electron chi connectivity index (χ0n) is 12.9. The van der Waals surface area contributed by atoms with Crippen molar-refractivity contribution in [2.24, 2.45) is 0 Å². The lowest BCUT2D eigenvalue weighted by molar-refractivity contribution is -0.384. The van der Waals surface area contributed by atoms with Gasteiger partial charge in [-0.15, -0.1) is 0 Å². The van der Waals surface area contributed by atoms with E-state index in [-0.39, 0.29) is 17.9 Å². The molecular weight excluding hydrogens is 322 g/mol. The number of carbonyl (C=O) groups excluding carboxylic acids is 1. The minimum absolute atomic E-state index is 0.0679. The Bertz CT molecular complexity index is 1000. The minimum Gasteiger partial charge on any atom is -0.455 e. The van der Waals surface area contributed by atoms with Crippen LogP contribution in [0.15, 0.2) is 54.6 Å². The van der Waals surface area contributed by atoms with Crippen LogP contribution in [0.5, 0.6) is 0 Å². The fraction of sp³-hybridized carbons (Fsp3) is 0.0556. The smallest absolute Gasteiger partial charge is 0.342 e. The first kappa shape index (κ1) is 14.9. The van der Waals surface area contributed by atoms with Gasteiger partial charge in [0.25, 0.3) is 5.69 Å². The number of nitrogens with zero attached hydrogens (tertiary/aromatic N) is 3. The fourth-order valence-corrected chi connectivity index (χ4v) is 2.72. The van der Waals surface area contributed by atoms with Crippen molar-refractivity contribution in [3.05, 3.63) is 76.0 Å². The summed E-state index contributed by atoms with van der Waals surface area (Å²) >= 11 is 0. The molecular formula is C18H11N3O4. The lowest BCUT2D eigenvalue weighted by Crippen LogP contribution is -2.04. The number of fused-ring (bicyclic) bond motifs is 1. The zero-order valence-corrected chi connectivity index (χ0v) is 12.9. The van der Waals surface area contributed by atoms with Crippen molar-refractivity contribution in [1.29, 1.82) is 0 Å². The molecule has 0 amide bonds. The number of hydrogen-bond acceptors (Lipinski definition) is 6. The van der Waals surface area contributed by atoms with Crippen LogP contribution in [0, 0.1) is 10.1 Å². The van der Waals surface area contributed by atoms with Crippen LogP contribution in [0.2, 0.25) is 0 Å². The number of benzene rings is 2. The lowest BCUT2D eigenvalue weighted by atomic mass is 10.0. The molecule has 0 saturated carbocycles. The maximum absolute atomic E-state index is 12.1. The van der Waals surface area contributed by atoms with E-state index in [0.29, 0.717) is 22.8 Å². The van der Waals surface area contributed by atoms with Crippen molar-refractivity contribution in [3.63, 3.8) is 0 Å². The molecule has 2 aromatic carbocycles. The maximum atomic E-state index is 12.1. The number of nitro groups is 1. The first-order valence-electron chi connectivity index (χ1n) is 7.52. The SMILES string of the molecule is O=C1OCc2nc(-c3ccccc3)nc(-c3cccc([N+](=O)[O-])c3)c21. The molecule has 1 aromatic heterocycles. The Morgan fingerprint density at radius 3 is 2.52 bits per heavy atom. The Labute approximate surface area is 142 Å². The van der Waals surface area contributed by atoms with E-state index >= 15 is 0 Å². The topological polar surface area (TPSA) is 95.2 Å². The summed E-state index contributed by atoms with van der Waals surface area (Å²) in [5.41, 5.74) is 2.29. The summed E-state index contributed by atoms with van der Waals surface area (Å²) in [6, 6.07) is 15.3. The van der Waals surface area contributed by atoms with Gasteiger partial charge in [0.2, 0.25) is 0 Å². The number of esters is 1. The molecule has 0 unspecified atom stereocenters. The van der Waals surface area contributed by atoms with Crippen LogP contribution in [-0.4, -0.2) is 20.9 Å². The minimum atomic E-state index is -0.517. The predicted molar refractivity (Wildman–Crippen MR) is 88.7 cm³/mol. The van der Waals surface area contributed by atoms with Crippen molar-refractivity contribution in [1.82, 2.24) is 9.97 Å². The van der Waals surface area contributed by atoms with Gasteiger partial charge in [-0.3, -0.25) is 10.1 Å². The number of ether oxygens (including phenoxy) is 1. The molecule has 0 bridgehead atoms. The molecule has 7 heteroatoms. The van der Waals surface area contributed by atoms with Gasteiger partial charge in [0.1, 0.15) is 12.2 Å². The maximum Gasteiger partial charge on any atom is 0.342 e. The van der Waals surface area contributed by atoms with Crippen LogP contribution in [0.3, 0.4) is 0 Å². The average molecular weight is 333 g/mol. The average Bonchev–Trinajstić information content (AvgIpc) is 3.03. The summed E-state index contributed by atoms with van der Waals surface area (Å²) in [7, 11) is 0. The Hall–Kier alpha value is -3.61. The summed E-state index contributed by atoms with van der Waals surface area (Å²) in [5, 5.41) is 11.1. The van der Waals surface area contributed by atoms with E-state index in [9.17, 15) is 14.9 Å². The van der Waals surface area contributed by atoms with Gasteiger partial charge in [-0.05, 0) is 0 Å². The van der Waals surface area contributed by atoms with E-state index in [0.717, 1.165) is 5.56 Å². The molecule has 2 heterocycles. The number of nitro benzene ring substituents is 1. The number of hydrogen-bond donors (Lipinski definition) is 0. The largest absolute Gasteiger partial charge is 0.455 e. The highest BCUT2D eigenvalue weighted by Crippen LogP contribution is 2.32. The third kappa shape index (κ3) is 2.61. The molecule has 0 spiro atoms. The van der Waals surface area contributed by atoms with Crippen LogP contribution in [0.25, 0.3) is 22.6 Å². The van der Waals surface area contributed by atoms with Crippen molar-refractivity contribution in [2.75, 3.05) is 0 Å². The fourth-order valence-electron chi connectivity index (χ4n) is 2.72. The zero-order chi connectivity index (χ0) is 17.4. The summed E-state index contributed by atoms with van der Waals surface area (Å²) in [5.74, 6) is -0.0738. The predicted octanol–water partition coefficient (Wildman–Crippen LogP) is 3.39. The van der Waals surface area contributed by atoms with Gasteiger partial charge < -0.3 is 4.74 Å². The molecule has 4 rings (SSSR count). The van der Waals surface area contributed by atoms with Crippen molar-refractivity contribution in [3.8, 4) is 22.6 Å². The molecule has 0 N–H and O–H groups in total. The first-order valence-corrected chi connectivity index (χ1v) is 7.52. The molecule has 122 valence electrons. The van der Waals surface area contributed by atoms with Crippen LogP contribution in [-0.2, 0) is 11.3 Å². The molecule has 0 fully saturated rings. The Kier molecular flexibility index (Phi) is 3.46. The van der Waals surface area contributed by atoms with E-state index in [1.54, 1.807) is 12.1 Å². The molecule has 25 heavy (non-hydrogen) atoms. The summed E-state index contributed by atoms with van der Waals surface area (Å²) in [6.07, 6.45) is 0. The number of aromatic nitrogens is 2. The van der Waals surface area contributed by atoms with Gasteiger partial charge in [0, 0.05) is 23.3 Å². The summed E-state index contributed by atoms with van der Waals surface area (Å²) < 4.78 is 5.08. The second-order valence-corrected chi connectivity index (χ2v) is 5.47. The van der Waals surface area contributed by atoms with Gasteiger partial charge in [-0.25, -0.2) is 14.8 Å². The van der Waals surface area contributed by atoms with E-state index < -0.39 is 10.9 Å². The highest BCUT2D eigenvalue weighted by molar-refractivity contribution is 5.99. The number of carbonyl (C=O) groups is 1. The Balaban J connectivity index is 1.95. The molecule has 0 atom stereocenters. The van der Waals surface area contributed by atoms with Gasteiger partial charge in [0.15, 0.2) is 5.82 Å². The second kappa shape index (κ2) is 5.79. The van der Waals surface area contributed by atoms with E-state index in [2.05, 4.69) is 9.97 Å². The summed E-state index contributed by atoms with van der Waals surface area (Å²) in [6.45, 7) is 0.0679. The lowest BCUT2D eigenvalue weighted by Gasteiger charge is -2.08. The molecule has 0 aliphatic carbocycles. The van der Waals surface area contributed by atoms with E-state index in [4.69, 9.17) is 4.74 Å². The van der Waals surface area contributed by atoms with Gasteiger partial charge in [0.05, 0.1) is 16.3 Å². The van der Waals surface area contributed by atoms with Gasteiger partial charge in [-0.2, -0.15) is 0 Å². The Morgan fingerprint density at radius 1 is 1.00 bits per heavy atom. The molecule has 0 saturated heterocycles. The molecule has 0 radical (unpaired) electrons. The number of non-ortho nitro benzene ring substituents is 1. The number of cyclic esters (lactones) is 1. The number of rotatable bonds is 3. The van der Waals surface area contributed by atoms with Crippen LogP contribution >= 0.6 is 0 Å². The first-order chi connectivity index (χ1) is 12.1. The molecule has 1 aliphatic heterocycles. The van der Waals surface area contributed by atoms with E-state index in [1.807, 2.05) is 30.3 Å². The van der Waals surface area contributed by atoms with Gasteiger partial charge >= 0.3 is 5.97 Å². The van der Waals surface area contributed by atoms with Crippen LogP contribution in [0.1, 0.15) is 16.1 Å². The Morgan fingerprint density at radius 2 is 1.76 bits per heavy atom. The van der Waals surface area contributed by atoms with Crippen LogP contribution in [0.4, 0.5) is 5.69 Å². The third-order valence-corrected chi connectivity index (χ3v) is 3.89. The van der Waals surface area contributed by atoms with Crippen molar-refractivity contribution >= 4 is 11.7 Å². The normalized spacial score (nSPS) is 12.6. The third-order valence-electron chi connectivity index (χ3n) is 3.89. The van der Waals surface area contributed by atoms with E-state index in [1.165, 1.54) is 12.1 Å².